The number of likely N-dealkylation sites (N-methyl/N-ethyl adjacent to an activating group) is 1. The van der Waals surface area contributed by atoms with Crippen molar-refractivity contribution in [3.05, 3.63) is 44.1 Å². The van der Waals surface area contributed by atoms with Gasteiger partial charge in [0.25, 0.3) is 5.69 Å². The smallest absolute Gasteiger partial charge is 0.283 e. The number of fused-ring (bicyclic) bond motifs is 2. The Morgan fingerprint density at radius 2 is 2.00 bits per heavy atom. The van der Waals surface area contributed by atoms with E-state index < -0.39 is 0 Å². The zero-order chi connectivity index (χ0) is 15.9. The summed E-state index contributed by atoms with van der Waals surface area (Å²) >= 11 is 3.29. The number of aldehydes is 1. The summed E-state index contributed by atoms with van der Waals surface area (Å²) in [6, 6.07) is 3.49. The fourth-order valence-corrected chi connectivity index (χ4v) is 4.43. The van der Waals surface area contributed by atoms with Crippen molar-refractivity contribution < 1.29 is 9.72 Å². The molecule has 0 N–H and O–H groups in total. The number of carbonyl (C=O) groups excluding carboxylic acids is 1. The summed E-state index contributed by atoms with van der Waals surface area (Å²) in [4.78, 5) is 24.0. The Kier molecular flexibility index (Phi) is 3.80. The predicted molar refractivity (Wildman–Crippen MR) is 88.1 cm³/mol. The molecule has 1 spiro atoms. The lowest BCUT2D eigenvalue weighted by Crippen LogP contribution is -2.32. The summed E-state index contributed by atoms with van der Waals surface area (Å²) in [5.74, 6) is 0. The molecular weight excluding hydrogens is 348 g/mol. The number of nitro groups is 1. The van der Waals surface area contributed by atoms with Gasteiger partial charge in [0.1, 0.15) is 6.29 Å². The molecule has 1 aromatic rings. The molecule has 2 aliphatic rings. The Morgan fingerprint density at radius 3 is 2.59 bits per heavy atom. The van der Waals surface area contributed by atoms with Gasteiger partial charge in [-0.1, -0.05) is 19.3 Å². The van der Waals surface area contributed by atoms with Crippen LogP contribution in [0.2, 0.25) is 0 Å². The van der Waals surface area contributed by atoms with Crippen LogP contribution in [0.25, 0.3) is 0 Å². The topological polar surface area (TPSA) is 63.5 Å². The van der Waals surface area contributed by atoms with Crippen LogP contribution in [-0.2, 0) is 10.2 Å². The second-order valence-electron chi connectivity index (χ2n) is 5.97. The molecule has 0 unspecified atom stereocenters. The molecule has 6 heteroatoms. The average Bonchev–Trinajstić information content (AvgIpc) is 2.70. The quantitative estimate of drug-likeness (QED) is 0.343. The molecule has 1 aliphatic carbocycles. The molecule has 1 aromatic carbocycles. The van der Waals surface area contributed by atoms with Crippen LogP contribution in [0.3, 0.4) is 0 Å². The normalized spacial score (nSPS) is 21.2. The van der Waals surface area contributed by atoms with Gasteiger partial charge in [-0.25, -0.2) is 0 Å². The van der Waals surface area contributed by atoms with Gasteiger partial charge in [0.05, 0.1) is 9.40 Å². The molecule has 0 bridgehead atoms. The van der Waals surface area contributed by atoms with Crippen LogP contribution in [0.1, 0.15) is 37.7 Å². The van der Waals surface area contributed by atoms with Crippen LogP contribution in [0.15, 0.2) is 28.4 Å². The van der Waals surface area contributed by atoms with Gasteiger partial charge in [-0.15, -0.1) is 0 Å². The van der Waals surface area contributed by atoms with Crippen molar-refractivity contribution in [2.45, 2.75) is 37.5 Å². The molecule has 1 fully saturated rings. The summed E-state index contributed by atoms with van der Waals surface area (Å²) in [7, 11) is 1.93. The average molecular weight is 365 g/mol. The zero-order valence-corrected chi connectivity index (χ0v) is 13.9. The second kappa shape index (κ2) is 5.50. The highest BCUT2D eigenvalue weighted by Crippen LogP contribution is 2.56. The number of carbonyl (C=O) groups is 1. The van der Waals surface area contributed by atoms with Crippen molar-refractivity contribution in [2.24, 2.45) is 0 Å². The molecule has 22 heavy (non-hydrogen) atoms. The van der Waals surface area contributed by atoms with Gasteiger partial charge in [-0.2, -0.15) is 0 Å². The highest BCUT2D eigenvalue weighted by atomic mass is 79.9. The SMILES string of the molecule is CN1/C(=C\C=O)C2(CCCCC2)c2cc([N+](=O)[O-])c(Br)cc21. The number of halogens is 1. The third-order valence-corrected chi connectivity index (χ3v) is 5.56. The molecule has 1 heterocycles. The van der Waals surface area contributed by atoms with Crippen molar-refractivity contribution in [2.75, 3.05) is 11.9 Å². The van der Waals surface area contributed by atoms with E-state index in [0.29, 0.717) is 4.47 Å². The number of nitrogens with zero attached hydrogens (tertiary/aromatic N) is 2. The van der Waals surface area contributed by atoms with Crippen molar-refractivity contribution >= 4 is 33.6 Å². The Balaban J connectivity index is 2.26. The molecule has 116 valence electrons. The molecule has 0 aromatic heterocycles. The van der Waals surface area contributed by atoms with Gasteiger partial charge in [0.2, 0.25) is 0 Å². The summed E-state index contributed by atoms with van der Waals surface area (Å²) in [5, 5.41) is 11.3. The van der Waals surface area contributed by atoms with E-state index in [1.807, 2.05) is 11.9 Å². The maximum absolute atomic E-state index is 11.3. The summed E-state index contributed by atoms with van der Waals surface area (Å²) in [6.07, 6.45) is 7.63. The van der Waals surface area contributed by atoms with Crippen LogP contribution < -0.4 is 4.90 Å². The Labute approximate surface area is 137 Å². The van der Waals surface area contributed by atoms with Crippen molar-refractivity contribution in [1.29, 1.82) is 0 Å². The van der Waals surface area contributed by atoms with Crippen LogP contribution in [0.5, 0.6) is 0 Å². The van der Waals surface area contributed by atoms with Crippen LogP contribution in [-0.4, -0.2) is 18.3 Å². The molecule has 1 aliphatic heterocycles. The minimum absolute atomic E-state index is 0.0875. The lowest BCUT2D eigenvalue weighted by atomic mass is 9.68. The molecule has 0 saturated heterocycles. The Morgan fingerprint density at radius 1 is 1.32 bits per heavy atom. The first-order valence-electron chi connectivity index (χ1n) is 7.39. The number of benzene rings is 1. The predicted octanol–water partition coefficient (Wildman–Crippen LogP) is 4.09. The van der Waals surface area contributed by atoms with Gasteiger partial charge in [0, 0.05) is 29.9 Å². The number of rotatable bonds is 2. The van der Waals surface area contributed by atoms with Crippen molar-refractivity contribution in [1.82, 2.24) is 0 Å². The Hall–Kier alpha value is -1.69. The van der Waals surface area contributed by atoms with E-state index in [9.17, 15) is 14.9 Å². The molecular formula is C16H17BrN2O3. The lowest BCUT2D eigenvalue weighted by molar-refractivity contribution is -0.385. The molecule has 0 atom stereocenters. The fourth-order valence-electron chi connectivity index (χ4n) is 3.96. The second-order valence-corrected chi connectivity index (χ2v) is 6.82. The van der Waals surface area contributed by atoms with Gasteiger partial charge < -0.3 is 4.90 Å². The summed E-state index contributed by atoms with van der Waals surface area (Å²) < 4.78 is 0.474. The van der Waals surface area contributed by atoms with E-state index in [0.717, 1.165) is 48.9 Å². The number of hydrogen-bond acceptors (Lipinski definition) is 4. The Bertz CT molecular complexity index is 678. The highest BCUT2D eigenvalue weighted by molar-refractivity contribution is 9.10. The molecule has 3 rings (SSSR count). The van der Waals surface area contributed by atoms with E-state index in [1.54, 1.807) is 18.2 Å². The maximum atomic E-state index is 11.3. The molecule has 1 saturated carbocycles. The van der Waals surface area contributed by atoms with Crippen molar-refractivity contribution in [3.63, 3.8) is 0 Å². The zero-order valence-electron chi connectivity index (χ0n) is 12.3. The van der Waals surface area contributed by atoms with Gasteiger partial charge in [-0.05, 0) is 46.5 Å². The molecule has 0 radical (unpaired) electrons. The standard InChI is InChI=1S/C16H17BrN2O3/c1-18-13-10-12(17)14(19(21)22)9-11(13)16(15(18)5-8-20)6-3-2-4-7-16/h5,8-10H,2-4,6-7H2,1H3/b15-5-. The van der Waals surface area contributed by atoms with Crippen LogP contribution in [0, 0.1) is 10.1 Å². The molecule has 0 amide bonds. The summed E-state index contributed by atoms with van der Waals surface area (Å²) in [5.41, 5.74) is 2.73. The number of allylic oxidation sites excluding steroid dienone is 2. The van der Waals surface area contributed by atoms with E-state index in [-0.39, 0.29) is 16.0 Å². The van der Waals surface area contributed by atoms with Crippen LogP contribution >= 0.6 is 15.9 Å². The molecule has 5 nitrogen and oxygen atoms in total. The fraction of sp³-hybridized carbons (Fsp3) is 0.438. The third kappa shape index (κ3) is 2.08. The number of hydrogen-bond donors (Lipinski definition) is 0. The minimum atomic E-state index is -0.359. The van der Waals surface area contributed by atoms with E-state index in [2.05, 4.69) is 15.9 Å². The largest absolute Gasteiger partial charge is 0.347 e. The van der Waals surface area contributed by atoms with E-state index >= 15 is 0 Å². The van der Waals surface area contributed by atoms with Crippen LogP contribution in [0.4, 0.5) is 11.4 Å². The third-order valence-electron chi connectivity index (χ3n) is 4.92. The monoisotopic (exact) mass is 364 g/mol. The van der Waals surface area contributed by atoms with Gasteiger partial charge in [-0.3, -0.25) is 14.9 Å². The first-order chi connectivity index (χ1) is 10.5. The number of nitro benzene ring substituents is 1. The summed E-state index contributed by atoms with van der Waals surface area (Å²) in [6.45, 7) is 0. The van der Waals surface area contributed by atoms with Gasteiger partial charge in [0.15, 0.2) is 0 Å². The lowest BCUT2D eigenvalue weighted by Gasteiger charge is -2.36. The first-order valence-corrected chi connectivity index (χ1v) is 8.18. The van der Waals surface area contributed by atoms with E-state index in [1.165, 1.54) is 6.42 Å². The van der Waals surface area contributed by atoms with E-state index in [4.69, 9.17) is 0 Å². The minimum Gasteiger partial charge on any atom is -0.347 e. The maximum Gasteiger partial charge on any atom is 0.283 e. The first kappa shape index (κ1) is 15.2. The number of anilines is 1. The van der Waals surface area contributed by atoms with Gasteiger partial charge >= 0.3 is 0 Å². The highest BCUT2D eigenvalue weighted by Gasteiger charge is 2.47. The van der Waals surface area contributed by atoms with Crippen molar-refractivity contribution in [3.8, 4) is 0 Å².